The van der Waals surface area contributed by atoms with Crippen molar-refractivity contribution in [2.45, 2.75) is 19.3 Å². The van der Waals surface area contributed by atoms with Crippen molar-refractivity contribution in [3.05, 3.63) is 24.2 Å². The van der Waals surface area contributed by atoms with E-state index >= 15 is 0 Å². The number of rotatable bonds is 4. The summed E-state index contributed by atoms with van der Waals surface area (Å²) < 4.78 is 19.1. The topological polar surface area (TPSA) is 67.4 Å². The highest BCUT2D eigenvalue weighted by Gasteiger charge is 2.19. The molecule has 1 unspecified atom stereocenters. The van der Waals surface area contributed by atoms with Crippen LogP contribution in [0.5, 0.6) is 0 Å². The minimum atomic E-state index is -0.618. The van der Waals surface area contributed by atoms with Gasteiger partial charge in [0, 0.05) is 19.5 Å². The highest BCUT2D eigenvalue weighted by atomic mass is 19.1. The Labute approximate surface area is 128 Å². The maximum absolute atomic E-state index is 13.8. The van der Waals surface area contributed by atoms with Gasteiger partial charge in [-0.15, -0.1) is 0 Å². The first kappa shape index (κ1) is 14.9. The third-order valence-electron chi connectivity index (χ3n) is 3.84. The second-order valence-electron chi connectivity index (χ2n) is 5.48. The lowest BCUT2D eigenvalue weighted by atomic mass is 10.1. The molecule has 0 saturated carbocycles. The molecule has 2 aliphatic rings. The molecule has 0 aromatic carbocycles. The van der Waals surface area contributed by atoms with Gasteiger partial charge in [-0.2, -0.15) is 4.98 Å². The summed E-state index contributed by atoms with van der Waals surface area (Å²) in [6, 6.07) is 0. The number of carbonyl (C=O) groups is 1. The van der Waals surface area contributed by atoms with Crippen molar-refractivity contribution < 1.29 is 13.9 Å². The molecule has 1 aromatic heterocycles. The zero-order chi connectivity index (χ0) is 15.4. The average molecular weight is 306 g/mol. The number of allylic oxidation sites excluding steroid dienone is 2. The molecule has 1 N–H and O–H groups in total. The molecule has 1 amide bonds. The van der Waals surface area contributed by atoms with Crippen molar-refractivity contribution >= 4 is 17.7 Å². The molecule has 1 saturated heterocycles. The summed E-state index contributed by atoms with van der Waals surface area (Å²) in [6.07, 6.45) is 7.53. The second kappa shape index (κ2) is 6.83. The lowest BCUT2D eigenvalue weighted by molar-refractivity contribution is -0.116. The number of nitrogens with one attached hydrogen (secondary N) is 1. The highest BCUT2D eigenvalue weighted by molar-refractivity contribution is 5.90. The van der Waals surface area contributed by atoms with Gasteiger partial charge in [-0.1, -0.05) is 12.2 Å². The van der Waals surface area contributed by atoms with E-state index in [1.807, 2.05) is 11.0 Å². The monoisotopic (exact) mass is 306 g/mol. The van der Waals surface area contributed by atoms with Crippen LogP contribution < -0.4 is 10.2 Å². The van der Waals surface area contributed by atoms with Crippen LogP contribution in [0.3, 0.4) is 0 Å². The molecule has 0 radical (unpaired) electrons. The van der Waals surface area contributed by atoms with E-state index < -0.39 is 5.82 Å². The number of hydrogen-bond acceptors (Lipinski definition) is 5. The Kier molecular flexibility index (Phi) is 4.62. The number of halogens is 1. The van der Waals surface area contributed by atoms with Gasteiger partial charge in [-0.3, -0.25) is 4.79 Å². The van der Waals surface area contributed by atoms with Crippen LogP contribution in [0.2, 0.25) is 0 Å². The zero-order valence-electron chi connectivity index (χ0n) is 12.3. The van der Waals surface area contributed by atoms with Crippen molar-refractivity contribution in [3.8, 4) is 0 Å². The maximum atomic E-state index is 13.8. The van der Waals surface area contributed by atoms with E-state index in [9.17, 15) is 9.18 Å². The summed E-state index contributed by atoms with van der Waals surface area (Å²) in [6.45, 7) is 2.50. The van der Waals surface area contributed by atoms with E-state index in [-0.39, 0.29) is 17.6 Å². The van der Waals surface area contributed by atoms with Crippen LogP contribution in [0.25, 0.3) is 0 Å². The SMILES string of the molecule is O=C(CC1C=CCC1)Nc1nc(N2CCOCC2)ncc1F. The molecule has 1 aliphatic heterocycles. The predicted molar refractivity (Wildman–Crippen MR) is 80.1 cm³/mol. The van der Waals surface area contributed by atoms with Crippen molar-refractivity contribution in [3.63, 3.8) is 0 Å². The third kappa shape index (κ3) is 3.59. The van der Waals surface area contributed by atoms with Crippen LogP contribution in [0, 0.1) is 11.7 Å². The number of nitrogens with zero attached hydrogens (tertiary/aromatic N) is 3. The molecule has 3 rings (SSSR count). The lowest BCUT2D eigenvalue weighted by Gasteiger charge is -2.26. The van der Waals surface area contributed by atoms with Gasteiger partial charge in [0.15, 0.2) is 11.6 Å². The molecule has 0 spiro atoms. The van der Waals surface area contributed by atoms with Crippen molar-refractivity contribution in [1.29, 1.82) is 0 Å². The molecule has 7 heteroatoms. The Morgan fingerprint density at radius 1 is 1.45 bits per heavy atom. The van der Waals surface area contributed by atoms with Crippen molar-refractivity contribution in [2.24, 2.45) is 5.92 Å². The van der Waals surface area contributed by atoms with Gasteiger partial charge in [0.05, 0.1) is 19.4 Å². The van der Waals surface area contributed by atoms with Gasteiger partial charge in [0.2, 0.25) is 11.9 Å². The molecular weight excluding hydrogens is 287 g/mol. The summed E-state index contributed by atoms with van der Waals surface area (Å²) >= 11 is 0. The molecule has 1 aliphatic carbocycles. The molecule has 1 aromatic rings. The molecule has 6 nitrogen and oxygen atoms in total. The Bertz CT molecular complexity index is 573. The molecule has 2 heterocycles. The number of aromatic nitrogens is 2. The largest absolute Gasteiger partial charge is 0.378 e. The number of ether oxygens (including phenoxy) is 1. The first-order valence-electron chi connectivity index (χ1n) is 7.54. The van der Waals surface area contributed by atoms with Gasteiger partial charge >= 0.3 is 0 Å². The summed E-state index contributed by atoms with van der Waals surface area (Å²) in [7, 11) is 0. The zero-order valence-corrected chi connectivity index (χ0v) is 12.3. The van der Waals surface area contributed by atoms with Gasteiger partial charge in [-0.05, 0) is 18.8 Å². The summed E-state index contributed by atoms with van der Waals surface area (Å²) in [5.74, 6) is -0.234. The van der Waals surface area contributed by atoms with Crippen LogP contribution >= 0.6 is 0 Å². The molecule has 1 atom stereocenters. The maximum Gasteiger partial charge on any atom is 0.227 e. The van der Waals surface area contributed by atoms with Crippen LogP contribution in [0.1, 0.15) is 19.3 Å². The number of amides is 1. The smallest absolute Gasteiger partial charge is 0.227 e. The Balaban J connectivity index is 1.66. The normalized spacial score (nSPS) is 21.1. The van der Waals surface area contributed by atoms with E-state index in [0.29, 0.717) is 38.7 Å². The predicted octanol–water partition coefficient (Wildman–Crippen LogP) is 1.75. The standard InChI is InChI=1S/C15H19FN4O2/c16-12-10-17-15(20-5-7-22-8-6-20)19-14(12)18-13(21)9-11-3-1-2-4-11/h1,3,10-11H,2,4-9H2,(H,17,18,19,21). The summed E-state index contributed by atoms with van der Waals surface area (Å²) in [4.78, 5) is 22.1. The molecular formula is C15H19FN4O2. The van der Waals surface area contributed by atoms with Gasteiger partial charge in [-0.25, -0.2) is 9.37 Å². The Morgan fingerprint density at radius 3 is 3.00 bits per heavy atom. The minimum Gasteiger partial charge on any atom is -0.378 e. The molecule has 22 heavy (non-hydrogen) atoms. The lowest BCUT2D eigenvalue weighted by Crippen LogP contribution is -2.37. The molecule has 0 bridgehead atoms. The highest BCUT2D eigenvalue weighted by Crippen LogP contribution is 2.22. The Morgan fingerprint density at radius 2 is 2.27 bits per heavy atom. The van der Waals surface area contributed by atoms with Gasteiger partial charge in [0.25, 0.3) is 0 Å². The van der Waals surface area contributed by atoms with Crippen molar-refractivity contribution in [2.75, 3.05) is 36.5 Å². The van der Waals surface area contributed by atoms with E-state index in [2.05, 4.69) is 21.4 Å². The summed E-state index contributed by atoms with van der Waals surface area (Å²) in [5.41, 5.74) is 0. The summed E-state index contributed by atoms with van der Waals surface area (Å²) in [5, 5.41) is 2.56. The van der Waals surface area contributed by atoms with E-state index in [4.69, 9.17) is 4.74 Å². The molecule has 1 fully saturated rings. The average Bonchev–Trinajstić information content (AvgIpc) is 3.03. The number of carbonyl (C=O) groups excluding carboxylic acids is 1. The fourth-order valence-corrected chi connectivity index (χ4v) is 2.65. The van der Waals surface area contributed by atoms with Crippen LogP contribution in [0.4, 0.5) is 16.2 Å². The van der Waals surface area contributed by atoms with Gasteiger partial charge in [0.1, 0.15) is 0 Å². The first-order chi connectivity index (χ1) is 10.7. The van der Waals surface area contributed by atoms with Crippen LogP contribution in [0.15, 0.2) is 18.3 Å². The van der Waals surface area contributed by atoms with Crippen LogP contribution in [-0.2, 0) is 9.53 Å². The second-order valence-corrected chi connectivity index (χ2v) is 5.48. The Hall–Kier alpha value is -2.02. The van der Waals surface area contributed by atoms with Gasteiger partial charge < -0.3 is 15.0 Å². The fraction of sp³-hybridized carbons (Fsp3) is 0.533. The van der Waals surface area contributed by atoms with E-state index in [0.717, 1.165) is 19.0 Å². The molecule has 118 valence electrons. The third-order valence-corrected chi connectivity index (χ3v) is 3.84. The van der Waals surface area contributed by atoms with Crippen molar-refractivity contribution in [1.82, 2.24) is 9.97 Å². The fourth-order valence-electron chi connectivity index (χ4n) is 2.65. The van der Waals surface area contributed by atoms with Crippen LogP contribution in [-0.4, -0.2) is 42.2 Å². The first-order valence-corrected chi connectivity index (χ1v) is 7.54. The van der Waals surface area contributed by atoms with E-state index in [1.165, 1.54) is 0 Å². The number of morpholine rings is 1. The number of anilines is 2. The quantitative estimate of drug-likeness (QED) is 0.858. The number of hydrogen-bond donors (Lipinski definition) is 1. The minimum absolute atomic E-state index is 0.0523. The van der Waals surface area contributed by atoms with E-state index in [1.54, 1.807) is 0 Å².